The Morgan fingerprint density at radius 2 is 1.88 bits per heavy atom. The van der Waals surface area contributed by atoms with E-state index in [2.05, 4.69) is 23.3 Å². The second-order valence-corrected chi connectivity index (χ2v) is 7.11. The average molecular weight is 331 g/mol. The van der Waals surface area contributed by atoms with Crippen LogP contribution in [0.25, 0.3) is 0 Å². The Kier molecular flexibility index (Phi) is 5.61. The Labute approximate surface area is 144 Å². The van der Waals surface area contributed by atoms with Gasteiger partial charge in [0.25, 0.3) is 0 Å². The summed E-state index contributed by atoms with van der Waals surface area (Å²) in [5.41, 5.74) is 1.99. The van der Waals surface area contributed by atoms with Crippen molar-refractivity contribution in [2.75, 3.05) is 37.0 Å². The van der Waals surface area contributed by atoms with Gasteiger partial charge in [-0.25, -0.2) is 4.79 Å². The molecule has 5 heteroatoms. The maximum absolute atomic E-state index is 12.6. The number of aliphatic hydroxyl groups is 1. The summed E-state index contributed by atoms with van der Waals surface area (Å²) in [4.78, 5) is 16.8. The van der Waals surface area contributed by atoms with Gasteiger partial charge in [0.2, 0.25) is 0 Å². The lowest BCUT2D eigenvalue weighted by Crippen LogP contribution is -2.42. The van der Waals surface area contributed by atoms with Gasteiger partial charge in [-0.3, -0.25) is 0 Å². The summed E-state index contributed by atoms with van der Waals surface area (Å²) in [5, 5.41) is 12.3. The van der Waals surface area contributed by atoms with E-state index >= 15 is 0 Å². The molecule has 0 spiro atoms. The van der Waals surface area contributed by atoms with Crippen LogP contribution in [0.4, 0.5) is 16.2 Å². The number of piperidine rings is 1. The van der Waals surface area contributed by atoms with Crippen molar-refractivity contribution in [2.45, 2.75) is 44.6 Å². The van der Waals surface area contributed by atoms with Gasteiger partial charge in [0.15, 0.2) is 0 Å². The van der Waals surface area contributed by atoms with Crippen LogP contribution in [0.1, 0.15) is 38.5 Å². The predicted octanol–water partition coefficient (Wildman–Crippen LogP) is 3.30. The summed E-state index contributed by atoms with van der Waals surface area (Å²) in [5.74, 6) is 0.342. The van der Waals surface area contributed by atoms with E-state index in [0.29, 0.717) is 12.0 Å². The first-order chi connectivity index (χ1) is 11.7. The minimum Gasteiger partial charge on any atom is -0.396 e. The Balaban J connectivity index is 1.65. The summed E-state index contributed by atoms with van der Waals surface area (Å²) in [6.07, 6.45) is 6.81. The van der Waals surface area contributed by atoms with Crippen LogP contribution in [0, 0.1) is 5.92 Å². The monoisotopic (exact) mass is 331 g/mol. The third-order valence-corrected chi connectivity index (χ3v) is 5.56. The third kappa shape index (κ3) is 3.83. The first-order valence-corrected chi connectivity index (χ1v) is 9.17. The smallest absolute Gasteiger partial charge is 0.321 e. The average Bonchev–Trinajstić information content (AvgIpc) is 3.16. The maximum atomic E-state index is 12.6. The molecule has 2 fully saturated rings. The molecule has 0 aromatic heterocycles. The number of rotatable bonds is 4. The molecule has 1 aliphatic carbocycles. The number of urea groups is 1. The fourth-order valence-corrected chi connectivity index (χ4v) is 3.89. The molecular formula is C19H29N3O2. The first kappa shape index (κ1) is 17.1. The van der Waals surface area contributed by atoms with E-state index in [1.807, 2.05) is 23.1 Å². The van der Waals surface area contributed by atoms with Gasteiger partial charge < -0.3 is 20.2 Å². The standard InChI is InChI=1S/C19H29N3O2/c1-21(16-6-2-3-7-16)18-9-5-4-8-17(18)20-19(24)22-12-10-15(14-23)11-13-22/h4-5,8-9,15-16,23H,2-3,6-7,10-14H2,1H3,(H,20,24). The van der Waals surface area contributed by atoms with Gasteiger partial charge in [-0.15, -0.1) is 0 Å². The Morgan fingerprint density at radius 3 is 2.54 bits per heavy atom. The number of carbonyl (C=O) groups excluding carboxylic acids is 1. The Hall–Kier alpha value is -1.75. The van der Waals surface area contributed by atoms with E-state index in [0.717, 1.165) is 37.3 Å². The van der Waals surface area contributed by atoms with Crippen LogP contribution in [-0.4, -0.2) is 48.8 Å². The number of likely N-dealkylation sites (tertiary alicyclic amines) is 1. The van der Waals surface area contributed by atoms with Crippen LogP contribution in [-0.2, 0) is 0 Å². The highest BCUT2D eigenvalue weighted by Gasteiger charge is 2.25. The van der Waals surface area contributed by atoms with E-state index in [-0.39, 0.29) is 12.6 Å². The van der Waals surface area contributed by atoms with Crippen LogP contribution in [0.2, 0.25) is 0 Å². The number of carbonyl (C=O) groups is 1. The normalized spacial score (nSPS) is 19.5. The van der Waals surface area contributed by atoms with Crippen LogP contribution >= 0.6 is 0 Å². The van der Waals surface area contributed by atoms with E-state index in [1.165, 1.54) is 25.7 Å². The van der Waals surface area contributed by atoms with Gasteiger partial charge in [-0.1, -0.05) is 25.0 Å². The molecular weight excluding hydrogens is 302 g/mol. The molecule has 1 heterocycles. The van der Waals surface area contributed by atoms with Gasteiger partial charge in [-0.2, -0.15) is 0 Å². The van der Waals surface area contributed by atoms with Crippen molar-refractivity contribution in [1.82, 2.24) is 4.90 Å². The highest BCUT2D eigenvalue weighted by molar-refractivity contribution is 5.93. The minimum atomic E-state index is -0.0290. The third-order valence-electron chi connectivity index (χ3n) is 5.56. The molecule has 0 bridgehead atoms. The molecule has 0 atom stereocenters. The van der Waals surface area contributed by atoms with Crippen molar-refractivity contribution in [3.8, 4) is 0 Å². The zero-order valence-corrected chi connectivity index (χ0v) is 14.6. The van der Waals surface area contributed by atoms with Crippen molar-refractivity contribution >= 4 is 17.4 Å². The molecule has 1 saturated heterocycles. The molecule has 5 nitrogen and oxygen atoms in total. The summed E-state index contributed by atoms with van der Waals surface area (Å²) < 4.78 is 0. The van der Waals surface area contributed by atoms with E-state index in [4.69, 9.17) is 0 Å². The molecule has 1 aliphatic heterocycles. The fraction of sp³-hybridized carbons (Fsp3) is 0.632. The predicted molar refractivity (Wildman–Crippen MR) is 97.5 cm³/mol. The lowest BCUT2D eigenvalue weighted by molar-refractivity contribution is 0.143. The van der Waals surface area contributed by atoms with Gasteiger partial charge in [0.1, 0.15) is 0 Å². The zero-order chi connectivity index (χ0) is 16.9. The van der Waals surface area contributed by atoms with E-state index in [1.54, 1.807) is 0 Å². The number of benzene rings is 1. The minimum absolute atomic E-state index is 0.0290. The molecule has 132 valence electrons. The summed E-state index contributed by atoms with van der Waals surface area (Å²) in [7, 11) is 2.13. The number of nitrogens with one attached hydrogen (secondary N) is 1. The van der Waals surface area contributed by atoms with Gasteiger partial charge >= 0.3 is 6.03 Å². The van der Waals surface area contributed by atoms with Crippen molar-refractivity contribution in [3.63, 3.8) is 0 Å². The summed E-state index contributed by atoms with van der Waals surface area (Å²) in [6.45, 7) is 1.67. The number of amides is 2. The number of para-hydroxylation sites is 2. The highest BCUT2D eigenvalue weighted by Crippen LogP contribution is 2.32. The van der Waals surface area contributed by atoms with E-state index < -0.39 is 0 Å². The van der Waals surface area contributed by atoms with Crippen molar-refractivity contribution in [3.05, 3.63) is 24.3 Å². The second kappa shape index (κ2) is 7.88. The number of aliphatic hydroxyl groups excluding tert-OH is 1. The molecule has 2 aliphatic rings. The van der Waals surface area contributed by atoms with Crippen LogP contribution in [0.15, 0.2) is 24.3 Å². The number of hydrogen-bond acceptors (Lipinski definition) is 3. The Bertz CT molecular complexity index is 549. The number of anilines is 2. The molecule has 24 heavy (non-hydrogen) atoms. The van der Waals surface area contributed by atoms with Crippen LogP contribution < -0.4 is 10.2 Å². The van der Waals surface area contributed by atoms with E-state index in [9.17, 15) is 9.90 Å². The number of nitrogens with zero attached hydrogens (tertiary/aromatic N) is 2. The van der Waals surface area contributed by atoms with Gasteiger partial charge in [-0.05, 0) is 43.7 Å². The Morgan fingerprint density at radius 1 is 1.21 bits per heavy atom. The molecule has 0 radical (unpaired) electrons. The SMILES string of the molecule is CN(c1ccccc1NC(=O)N1CCC(CO)CC1)C1CCCC1. The largest absolute Gasteiger partial charge is 0.396 e. The van der Waals surface area contributed by atoms with Crippen molar-refractivity contribution in [2.24, 2.45) is 5.92 Å². The van der Waals surface area contributed by atoms with Crippen molar-refractivity contribution in [1.29, 1.82) is 0 Å². The van der Waals surface area contributed by atoms with Gasteiger partial charge in [0.05, 0.1) is 11.4 Å². The second-order valence-electron chi connectivity index (χ2n) is 7.11. The summed E-state index contributed by atoms with van der Waals surface area (Å²) in [6, 6.07) is 8.62. The molecule has 1 aromatic rings. The molecule has 1 saturated carbocycles. The lowest BCUT2D eigenvalue weighted by Gasteiger charge is -2.32. The maximum Gasteiger partial charge on any atom is 0.321 e. The molecule has 0 unspecified atom stereocenters. The highest BCUT2D eigenvalue weighted by atomic mass is 16.3. The topological polar surface area (TPSA) is 55.8 Å². The molecule has 2 N–H and O–H groups in total. The number of hydrogen-bond donors (Lipinski definition) is 2. The summed E-state index contributed by atoms with van der Waals surface area (Å²) >= 11 is 0. The van der Waals surface area contributed by atoms with Crippen LogP contribution in [0.3, 0.4) is 0 Å². The zero-order valence-electron chi connectivity index (χ0n) is 14.6. The first-order valence-electron chi connectivity index (χ1n) is 9.17. The molecule has 1 aromatic carbocycles. The quantitative estimate of drug-likeness (QED) is 0.890. The van der Waals surface area contributed by atoms with Crippen molar-refractivity contribution < 1.29 is 9.90 Å². The fourth-order valence-electron chi connectivity index (χ4n) is 3.89. The van der Waals surface area contributed by atoms with Gasteiger partial charge in [0, 0.05) is 32.8 Å². The molecule has 3 rings (SSSR count). The molecule has 2 amide bonds. The lowest BCUT2D eigenvalue weighted by atomic mass is 9.98. The van der Waals surface area contributed by atoms with Crippen LogP contribution in [0.5, 0.6) is 0 Å².